The number of benzene rings is 1. The van der Waals surface area contributed by atoms with Crippen LogP contribution in [-0.2, 0) is 11.4 Å². The molecule has 1 aromatic carbocycles. The Hall–Kier alpha value is -2.26. The van der Waals surface area contributed by atoms with Crippen LogP contribution in [0.2, 0.25) is 0 Å². The maximum Gasteiger partial charge on any atom is 0.292 e. The van der Waals surface area contributed by atoms with E-state index in [-0.39, 0.29) is 23.0 Å². The largest absolute Gasteiger partial charge is 0.593 e. The van der Waals surface area contributed by atoms with Gasteiger partial charge in [-0.25, -0.2) is 0 Å². The van der Waals surface area contributed by atoms with Gasteiger partial charge in [0, 0.05) is 74.7 Å². The first kappa shape index (κ1) is 35.2. The van der Waals surface area contributed by atoms with Gasteiger partial charge in [-0.1, -0.05) is 50.1 Å². The van der Waals surface area contributed by atoms with Crippen molar-refractivity contribution < 1.29 is 14.1 Å². The quantitative estimate of drug-likeness (QED) is 0.257. The Balaban J connectivity index is 1.17. The number of allylic oxidation sites excluding steroid dienone is 4. The van der Waals surface area contributed by atoms with Gasteiger partial charge in [-0.3, -0.25) is 9.69 Å². The molecule has 4 aliphatic heterocycles. The molecule has 4 heterocycles. The molecule has 1 amide bonds. The molecule has 0 radical (unpaired) electrons. The minimum absolute atomic E-state index is 0.148. The number of hydrogen-bond acceptors (Lipinski definition) is 6. The highest BCUT2D eigenvalue weighted by molar-refractivity contribution is 7.90. The summed E-state index contributed by atoms with van der Waals surface area (Å²) in [6, 6.07) is 6.47. The molecule has 0 aromatic heterocycles. The summed E-state index contributed by atoms with van der Waals surface area (Å²) in [6.07, 6.45) is 17.6. The van der Waals surface area contributed by atoms with Crippen LogP contribution in [0.4, 0.5) is 5.69 Å². The molecular weight excluding hydrogens is 629 g/mol. The summed E-state index contributed by atoms with van der Waals surface area (Å²) >= 11 is -1.47. The Labute approximate surface area is 298 Å². The molecule has 7 unspecified atom stereocenters. The van der Waals surface area contributed by atoms with Crippen LogP contribution in [0.3, 0.4) is 0 Å². The topological polar surface area (TPSA) is 71.1 Å². The van der Waals surface area contributed by atoms with Gasteiger partial charge in [0.25, 0.3) is 5.91 Å². The fraction of sp³-hybridized carbons (Fsp3) is 0.683. The minimum atomic E-state index is -1.47. The van der Waals surface area contributed by atoms with Gasteiger partial charge in [-0.2, -0.15) is 4.72 Å². The van der Waals surface area contributed by atoms with E-state index in [9.17, 15) is 9.35 Å². The third kappa shape index (κ3) is 7.40. The summed E-state index contributed by atoms with van der Waals surface area (Å²) in [5.41, 5.74) is 5.14. The van der Waals surface area contributed by atoms with E-state index in [4.69, 9.17) is 4.74 Å². The molecule has 3 fully saturated rings. The van der Waals surface area contributed by atoms with Gasteiger partial charge < -0.3 is 19.1 Å². The number of fused-ring (bicyclic) bond motifs is 2. The van der Waals surface area contributed by atoms with E-state index >= 15 is 0 Å². The van der Waals surface area contributed by atoms with Crippen molar-refractivity contribution in [3.63, 3.8) is 0 Å². The number of carbonyl (C=O) groups is 1. The second-order valence-electron chi connectivity index (χ2n) is 16.8. The monoisotopic (exact) mass is 688 g/mol. The Kier molecular flexibility index (Phi) is 10.6. The van der Waals surface area contributed by atoms with Gasteiger partial charge in [0.15, 0.2) is 0 Å². The molecule has 1 N–H and O–H groups in total. The predicted molar refractivity (Wildman–Crippen MR) is 201 cm³/mol. The van der Waals surface area contributed by atoms with E-state index in [0.717, 1.165) is 63.2 Å². The Morgan fingerprint density at radius 3 is 2.65 bits per heavy atom. The average molecular weight is 689 g/mol. The van der Waals surface area contributed by atoms with Crippen molar-refractivity contribution in [1.29, 1.82) is 0 Å². The number of likely N-dealkylation sites (tertiary alicyclic amines) is 2. The first-order valence-electron chi connectivity index (χ1n) is 19.4. The van der Waals surface area contributed by atoms with Crippen molar-refractivity contribution in [2.45, 2.75) is 90.9 Å². The van der Waals surface area contributed by atoms with E-state index in [1.165, 1.54) is 44.6 Å². The maximum atomic E-state index is 13.5. The third-order valence-electron chi connectivity index (χ3n) is 12.9. The number of nitrogens with zero attached hydrogens (tertiary/aromatic N) is 3. The van der Waals surface area contributed by atoms with Crippen molar-refractivity contribution in [2.24, 2.45) is 35.0 Å². The van der Waals surface area contributed by atoms with Crippen LogP contribution in [0, 0.1) is 35.0 Å². The Morgan fingerprint density at radius 1 is 1.10 bits per heavy atom. The molecule has 2 aliphatic carbocycles. The van der Waals surface area contributed by atoms with Gasteiger partial charge in [0.2, 0.25) is 0 Å². The summed E-state index contributed by atoms with van der Waals surface area (Å²) in [4.78, 5) is 21.4. The average Bonchev–Trinajstić information content (AvgIpc) is 3.21. The molecule has 1 aromatic rings. The lowest BCUT2D eigenvalue weighted by Crippen LogP contribution is -2.73. The highest BCUT2D eigenvalue weighted by Gasteiger charge is 2.52. The van der Waals surface area contributed by atoms with Crippen LogP contribution in [0.5, 0.6) is 5.75 Å². The van der Waals surface area contributed by atoms with E-state index < -0.39 is 11.4 Å². The normalized spacial score (nSPS) is 34.3. The van der Waals surface area contributed by atoms with Gasteiger partial charge >= 0.3 is 0 Å². The number of amides is 1. The summed E-state index contributed by atoms with van der Waals surface area (Å²) in [6.45, 7) is 19.7. The van der Waals surface area contributed by atoms with Crippen LogP contribution in [-0.4, -0.2) is 84.0 Å². The molecule has 2 saturated heterocycles. The van der Waals surface area contributed by atoms with Crippen LogP contribution < -0.4 is 14.4 Å². The number of anilines is 1. The van der Waals surface area contributed by atoms with Crippen LogP contribution >= 0.6 is 0 Å². The zero-order chi connectivity index (χ0) is 34.3. The summed E-state index contributed by atoms with van der Waals surface area (Å²) in [7, 11) is 0. The first-order valence-corrected chi connectivity index (χ1v) is 20.6. The number of nitrogens with one attached hydrogen (secondary N) is 1. The molecule has 268 valence electrons. The fourth-order valence-electron chi connectivity index (χ4n) is 9.55. The highest BCUT2D eigenvalue weighted by atomic mass is 32.2. The van der Waals surface area contributed by atoms with Gasteiger partial charge in [0.1, 0.15) is 11.0 Å². The number of rotatable bonds is 6. The fourth-order valence-corrected chi connectivity index (χ4v) is 10.6. The zero-order valence-electron chi connectivity index (χ0n) is 30.7. The number of carbonyl (C=O) groups excluding carboxylic acids is 1. The third-order valence-corrected chi connectivity index (χ3v) is 14.4. The maximum absolute atomic E-state index is 13.5. The molecule has 49 heavy (non-hydrogen) atoms. The van der Waals surface area contributed by atoms with E-state index in [1.54, 1.807) is 5.57 Å². The molecule has 6 aliphatic rings. The van der Waals surface area contributed by atoms with Crippen molar-refractivity contribution in [3.05, 3.63) is 59.2 Å². The molecule has 1 spiro atoms. The van der Waals surface area contributed by atoms with Gasteiger partial charge in [-0.05, 0) is 101 Å². The predicted octanol–water partition coefficient (Wildman–Crippen LogP) is 6.99. The SMILES string of the molecule is CCCC1=C(C2COc3ccc4cc3N(C2)CC2CCC2C(CN2CC3(C2)CN(C(C)C)C3)/C=C/CC(C)C(C)[S+]([O-])NC4=O)C=CCC1. The minimum Gasteiger partial charge on any atom is -0.593 e. The lowest BCUT2D eigenvalue weighted by atomic mass is 9.65. The molecule has 8 heteroatoms. The van der Waals surface area contributed by atoms with Crippen molar-refractivity contribution >= 4 is 23.0 Å². The Morgan fingerprint density at radius 2 is 1.92 bits per heavy atom. The summed E-state index contributed by atoms with van der Waals surface area (Å²) < 4.78 is 22.8. The molecule has 2 bridgehead atoms. The number of ether oxygens (including phenoxy) is 1. The molecule has 7 nitrogen and oxygen atoms in total. The van der Waals surface area contributed by atoms with Gasteiger partial charge in [-0.15, -0.1) is 0 Å². The molecular formula is C41H60N4O3S. The summed E-state index contributed by atoms with van der Waals surface area (Å²) in [5.74, 6) is 2.81. The van der Waals surface area contributed by atoms with Crippen LogP contribution in [0.1, 0.15) is 89.9 Å². The van der Waals surface area contributed by atoms with Crippen LogP contribution in [0.15, 0.2) is 53.6 Å². The van der Waals surface area contributed by atoms with E-state index in [0.29, 0.717) is 41.4 Å². The van der Waals surface area contributed by atoms with E-state index in [2.05, 4.69) is 71.4 Å². The molecule has 7 atom stereocenters. The summed E-state index contributed by atoms with van der Waals surface area (Å²) in [5, 5.41) is -0.148. The van der Waals surface area contributed by atoms with Crippen molar-refractivity contribution in [3.8, 4) is 5.75 Å². The molecule has 1 saturated carbocycles. The van der Waals surface area contributed by atoms with Crippen LogP contribution in [0.25, 0.3) is 0 Å². The smallest absolute Gasteiger partial charge is 0.292 e. The first-order chi connectivity index (χ1) is 23.6. The lowest BCUT2D eigenvalue weighted by Gasteiger charge is -2.62. The lowest BCUT2D eigenvalue weighted by molar-refractivity contribution is -0.130. The second-order valence-corrected chi connectivity index (χ2v) is 18.3. The standard InChI is InChI=1S/C41H60N4O3S/c1-6-10-31-12-7-8-14-36(31)35-22-44-21-34-15-17-37(34)33(20-43-24-41(25-43)26-45(27-41)28(2)3)13-9-11-29(4)30(5)49(47)42-40(46)32-16-18-39(48-23-35)38(44)19-32/h8-9,13-14,16,18-19,28-30,33-35,37H,6-7,10-12,15,17,20-27H2,1-5H3,(H,42,46)/b13-9+. The highest BCUT2D eigenvalue weighted by Crippen LogP contribution is 2.47. The van der Waals surface area contributed by atoms with Gasteiger partial charge in [0.05, 0.1) is 23.7 Å². The Bertz CT molecular complexity index is 1440. The van der Waals surface area contributed by atoms with Crippen molar-refractivity contribution in [2.75, 3.05) is 57.3 Å². The number of hydrogen-bond donors (Lipinski definition) is 1. The zero-order valence-corrected chi connectivity index (χ0v) is 31.5. The van der Waals surface area contributed by atoms with E-state index in [1.807, 2.05) is 25.1 Å². The second kappa shape index (κ2) is 14.8. The molecule has 7 rings (SSSR count). The van der Waals surface area contributed by atoms with Crippen molar-refractivity contribution in [1.82, 2.24) is 14.5 Å².